The lowest BCUT2D eigenvalue weighted by Gasteiger charge is -2.34. The van der Waals surface area contributed by atoms with E-state index in [4.69, 9.17) is 4.74 Å². The summed E-state index contributed by atoms with van der Waals surface area (Å²) >= 11 is 1.90. The van der Waals surface area contributed by atoms with Crippen LogP contribution < -0.4 is 5.32 Å². The van der Waals surface area contributed by atoms with Crippen molar-refractivity contribution >= 4 is 17.7 Å². The summed E-state index contributed by atoms with van der Waals surface area (Å²) in [6.07, 6.45) is 3.33. The number of carbonyl (C=O) groups is 1. The average molecular weight is 301 g/mol. The van der Waals surface area contributed by atoms with Crippen molar-refractivity contribution < 1.29 is 9.53 Å². The Morgan fingerprint density at radius 1 is 1.35 bits per heavy atom. The summed E-state index contributed by atoms with van der Waals surface area (Å²) in [6, 6.07) is 0. The van der Waals surface area contributed by atoms with E-state index in [-0.39, 0.29) is 5.97 Å². The van der Waals surface area contributed by atoms with Gasteiger partial charge in [0.1, 0.15) is 5.54 Å². The molecule has 1 N–H and O–H groups in total. The van der Waals surface area contributed by atoms with Crippen LogP contribution in [0.25, 0.3) is 0 Å². The highest BCUT2D eigenvalue weighted by Crippen LogP contribution is 2.43. The number of rotatable bonds is 10. The van der Waals surface area contributed by atoms with Crippen LogP contribution in [0, 0.1) is 11.8 Å². The maximum absolute atomic E-state index is 12.5. The molecular formula is C16H31NO2S. The van der Waals surface area contributed by atoms with Gasteiger partial charge in [-0.15, -0.1) is 0 Å². The predicted molar refractivity (Wildman–Crippen MR) is 87.1 cm³/mol. The Labute approximate surface area is 128 Å². The fourth-order valence-electron chi connectivity index (χ4n) is 2.25. The second kappa shape index (κ2) is 8.28. The molecule has 3 nitrogen and oxygen atoms in total. The van der Waals surface area contributed by atoms with Gasteiger partial charge < -0.3 is 10.1 Å². The number of hydrogen-bond donors (Lipinski definition) is 1. The van der Waals surface area contributed by atoms with Crippen molar-refractivity contribution in [1.29, 1.82) is 0 Å². The average Bonchev–Trinajstić information content (AvgIpc) is 3.23. The summed E-state index contributed by atoms with van der Waals surface area (Å²) in [5.41, 5.74) is -0.458. The molecule has 20 heavy (non-hydrogen) atoms. The highest BCUT2D eigenvalue weighted by atomic mass is 32.2. The molecule has 0 aliphatic heterocycles. The largest absolute Gasteiger partial charge is 0.465 e. The molecule has 0 aromatic carbocycles. The second-order valence-electron chi connectivity index (χ2n) is 6.15. The van der Waals surface area contributed by atoms with Crippen molar-refractivity contribution in [3.8, 4) is 0 Å². The van der Waals surface area contributed by atoms with E-state index in [2.05, 4.69) is 33.0 Å². The number of esters is 1. The Morgan fingerprint density at radius 2 is 2.00 bits per heavy atom. The third-order valence-corrected chi connectivity index (χ3v) is 5.81. The highest BCUT2D eigenvalue weighted by molar-refractivity contribution is 8.00. The lowest BCUT2D eigenvalue weighted by Crippen LogP contribution is -2.57. The first-order valence-electron chi connectivity index (χ1n) is 8.01. The van der Waals surface area contributed by atoms with Gasteiger partial charge in [-0.25, -0.2) is 0 Å². The van der Waals surface area contributed by atoms with E-state index in [1.165, 1.54) is 0 Å². The number of hydrogen-bond acceptors (Lipinski definition) is 4. The van der Waals surface area contributed by atoms with Crippen molar-refractivity contribution in [2.45, 2.75) is 64.7 Å². The summed E-state index contributed by atoms with van der Waals surface area (Å²) < 4.78 is 5.38. The Bertz CT molecular complexity index is 305. The van der Waals surface area contributed by atoms with Crippen LogP contribution in [0.1, 0.15) is 53.9 Å². The molecule has 0 radical (unpaired) electrons. The van der Waals surface area contributed by atoms with Crippen molar-refractivity contribution in [2.24, 2.45) is 11.8 Å². The first-order valence-corrected chi connectivity index (χ1v) is 9.06. The normalized spacial score (nSPS) is 19.7. The Hall–Kier alpha value is -0.220. The zero-order chi connectivity index (χ0) is 15.2. The minimum absolute atomic E-state index is 0.0422. The van der Waals surface area contributed by atoms with Gasteiger partial charge >= 0.3 is 5.97 Å². The van der Waals surface area contributed by atoms with Crippen LogP contribution in [-0.2, 0) is 9.53 Å². The van der Waals surface area contributed by atoms with Crippen LogP contribution in [0.4, 0.5) is 0 Å². The first-order chi connectivity index (χ1) is 9.47. The third-order valence-electron chi connectivity index (χ3n) is 4.12. The van der Waals surface area contributed by atoms with E-state index in [1.807, 2.05) is 18.7 Å². The summed E-state index contributed by atoms with van der Waals surface area (Å²) in [4.78, 5) is 12.5. The minimum Gasteiger partial charge on any atom is -0.465 e. The molecule has 2 unspecified atom stereocenters. The molecule has 0 spiro atoms. The number of thioether (sulfide) groups is 1. The fraction of sp³-hybridized carbons (Fsp3) is 0.938. The van der Waals surface area contributed by atoms with Crippen molar-refractivity contribution in [3.63, 3.8) is 0 Å². The summed E-state index contributed by atoms with van der Waals surface area (Å²) in [5, 5.41) is 4.09. The van der Waals surface area contributed by atoms with Crippen molar-refractivity contribution in [3.05, 3.63) is 0 Å². The highest BCUT2D eigenvalue weighted by Gasteiger charge is 2.51. The van der Waals surface area contributed by atoms with Gasteiger partial charge in [0.15, 0.2) is 0 Å². The van der Waals surface area contributed by atoms with Crippen LogP contribution in [0.15, 0.2) is 0 Å². The molecule has 1 aliphatic carbocycles. The van der Waals surface area contributed by atoms with Gasteiger partial charge in [0.25, 0.3) is 0 Å². The molecule has 1 fully saturated rings. The smallest absolute Gasteiger partial charge is 0.327 e. The first kappa shape index (κ1) is 17.8. The van der Waals surface area contributed by atoms with Crippen molar-refractivity contribution in [2.75, 3.05) is 18.9 Å². The van der Waals surface area contributed by atoms with E-state index in [0.717, 1.165) is 31.6 Å². The Kier molecular flexibility index (Phi) is 7.38. The van der Waals surface area contributed by atoms with Crippen molar-refractivity contribution in [1.82, 2.24) is 5.32 Å². The molecule has 0 amide bonds. The quantitative estimate of drug-likeness (QED) is 0.627. The van der Waals surface area contributed by atoms with Crippen LogP contribution >= 0.6 is 11.8 Å². The molecule has 2 atom stereocenters. The molecule has 4 heteroatoms. The van der Waals surface area contributed by atoms with Gasteiger partial charge in [-0.3, -0.25) is 4.79 Å². The van der Waals surface area contributed by atoms with E-state index >= 15 is 0 Å². The van der Waals surface area contributed by atoms with Gasteiger partial charge in [0, 0.05) is 11.0 Å². The summed E-state index contributed by atoms with van der Waals surface area (Å²) in [7, 11) is 0. The molecule has 0 heterocycles. The lowest BCUT2D eigenvalue weighted by atomic mass is 9.95. The van der Waals surface area contributed by atoms with Gasteiger partial charge in [0.05, 0.1) is 6.61 Å². The molecule has 0 aromatic heterocycles. The Morgan fingerprint density at radius 3 is 2.45 bits per heavy atom. The zero-order valence-corrected chi connectivity index (χ0v) is 14.5. The molecule has 0 saturated heterocycles. The minimum atomic E-state index is -0.458. The van der Waals surface area contributed by atoms with E-state index in [1.54, 1.807) is 0 Å². The van der Waals surface area contributed by atoms with Gasteiger partial charge in [-0.1, -0.05) is 27.7 Å². The van der Waals surface area contributed by atoms with Crippen LogP contribution in [-0.4, -0.2) is 35.7 Å². The molecule has 1 rings (SSSR count). The second-order valence-corrected chi connectivity index (χ2v) is 7.52. The maximum Gasteiger partial charge on any atom is 0.327 e. The number of ether oxygens (including phenoxy) is 1. The zero-order valence-electron chi connectivity index (χ0n) is 13.7. The van der Waals surface area contributed by atoms with Crippen LogP contribution in [0.2, 0.25) is 0 Å². The topological polar surface area (TPSA) is 38.3 Å². The SMILES string of the molecule is CCCNC(CSC(C)C(C)C)(C(=O)OCC)C1CC1. The number of carbonyl (C=O) groups excluding carboxylic acids is 1. The lowest BCUT2D eigenvalue weighted by molar-refractivity contribution is -0.151. The van der Waals surface area contributed by atoms with E-state index < -0.39 is 5.54 Å². The predicted octanol–water partition coefficient (Wildman–Crippen LogP) is 3.48. The van der Waals surface area contributed by atoms with Gasteiger partial charge in [0.2, 0.25) is 0 Å². The molecule has 0 bridgehead atoms. The standard InChI is InChI=1S/C16H31NO2S/c1-6-10-17-16(14-8-9-14,15(18)19-7-2)11-20-13(5)12(3)4/h12-14,17H,6-11H2,1-5H3. The van der Waals surface area contributed by atoms with Gasteiger partial charge in [-0.05, 0) is 44.6 Å². The molecule has 0 aromatic rings. The maximum atomic E-state index is 12.5. The van der Waals surface area contributed by atoms with Crippen LogP contribution in [0.3, 0.4) is 0 Å². The van der Waals surface area contributed by atoms with E-state index in [9.17, 15) is 4.79 Å². The van der Waals surface area contributed by atoms with Crippen LogP contribution in [0.5, 0.6) is 0 Å². The molecule has 1 aliphatic rings. The van der Waals surface area contributed by atoms with E-state index in [0.29, 0.717) is 23.7 Å². The molecule has 1 saturated carbocycles. The molecular weight excluding hydrogens is 270 g/mol. The Balaban J connectivity index is 2.77. The summed E-state index contributed by atoms with van der Waals surface area (Å²) in [5.74, 6) is 1.88. The van der Waals surface area contributed by atoms with Gasteiger partial charge in [-0.2, -0.15) is 11.8 Å². The fourth-order valence-corrected chi connectivity index (χ4v) is 3.62. The monoisotopic (exact) mass is 301 g/mol. The summed E-state index contributed by atoms with van der Waals surface area (Å²) in [6.45, 7) is 12.1. The number of nitrogens with one attached hydrogen (secondary N) is 1. The third kappa shape index (κ3) is 4.66. The molecule has 118 valence electrons.